The third kappa shape index (κ3) is 1.53. The molecule has 0 aromatic heterocycles. The van der Waals surface area contributed by atoms with Gasteiger partial charge in [-0.15, -0.1) is 4.40 Å². The van der Waals surface area contributed by atoms with E-state index in [-0.39, 0.29) is 5.84 Å². The van der Waals surface area contributed by atoms with Crippen molar-refractivity contribution in [2.45, 2.75) is 25.7 Å². The van der Waals surface area contributed by atoms with Crippen molar-refractivity contribution in [1.82, 2.24) is 4.72 Å². The largest absolute Gasteiger partial charge is 0.382 e. The maximum Gasteiger partial charge on any atom is 0.344 e. The Bertz CT molecular complexity index is 538. The summed E-state index contributed by atoms with van der Waals surface area (Å²) in [6.45, 7) is 0. The van der Waals surface area contributed by atoms with Crippen LogP contribution >= 0.6 is 0 Å². The fraction of sp³-hybridized carbons (Fsp3) is 0.500. The Labute approximate surface area is 94.3 Å². The maximum atomic E-state index is 11.4. The third-order valence-electron chi connectivity index (χ3n) is 3.14. The van der Waals surface area contributed by atoms with Gasteiger partial charge in [-0.25, -0.2) is 0 Å². The lowest BCUT2D eigenvalue weighted by atomic mass is 9.91. The second-order valence-corrected chi connectivity index (χ2v) is 5.72. The molecule has 0 amide bonds. The van der Waals surface area contributed by atoms with Gasteiger partial charge in [0, 0.05) is 5.57 Å². The highest BCUT2D eigenvalue weighted by atomic mass is 32.2. The molecule has 1 heterocycles. The summed E-state index contributed by atoms with van der Waals surface area (Å²) in [5, 5.41) is 0. The van der Waals surface area contributed by atoms with Crippen molar-refractivity contribution in [3.05, 3.63) is 22.9 Å². The number of nitrogens with zero attached hydrogens (tertiary/aromatic N) is 1. The second-order valence-electron chi connectivity index (χ2n) is 4.38. The molecule has 86 valence electrons. The zero-order chi connectivity index (χ0) is 11.3. The minimum atomic E-state index is -3.62. The number of allylic oxidation sites excluding steroid dienone is 2. The Kier molecular flexibility index (Phi) is 1.92. The van der Waals surface area contributed by atoms with E-state index in [1.165, 1.54) is 18.4 Å². The smallest absolute Gasteiger partial charge is 0.344 e. The van der Waals surface area contributed by atoms with E-state index >= 15 is 0 Å². The van der Waals surface area contributed by atoms with Gasteiger partial charge in [-0.1, -0.05) is 11.6 Å². The van der Waals surface area contributed by atoms with E-state index < -0.39 is 10.2 Å². The SMILES string of the molecule is NC1=NS(=O)(=O)NC2=CCCC(C3CC3)=C21. The Morgan fingerprint density at radius 3 is 2.88 bits per heavy atom. The molecular formula is C10H13N3O2S. The Balaban J connectivity index is 2.17. The highest BCUT2D eigenvalue weighted by molar-refractivity contribution is 7.88. The number of rotatable bonds is 1. The van der Waals surface area contributed by atoms with Gasteiger partial charge >= 0.3 is 10.2 Å². The zero-order valence-corrected chi connectivity index (χ0v) is 9.55. The first kappa shape index (κ1) is 9.89. The molecule has 1 fully saturated rings. The first-order valence-corrected chi connectivity index (χ1v) is 6.83. The molecule has 3 N–H and O–H groups in total. The van der Waals surface area contributed by atoms with Crippen molar-refractivity contribution in [3.8, 4) is 0 Å². The lowest BCUT2D eigenvalue weighted by Gasteiger charge is -2.25. The molecule has 0 aromatic rings. The lowest BCUT2D eigenvalue weighted by Crippen LogP contribution is -2.36. The predicted octanol–water partition coefficient (Wildman–Crippen LogP) is 0.576. The number of nitrogens with one attached hydrogen (secondary N) is 1. The van der Waals surface area contributed by atoms with Gasteiger partial charge in [0.1, 0.15) is 5.84 Å². The van der Waals surface area contributed by atoms with Gasteiger partial charge in [-0.3, -0.25) is 4.72 Å². The van der Waals surface area contributed by atoms with Crippen LogP contribution in [0.15, 0.2) is 27.3 Å². The highest BCUT2D eigenvalue weighted by Crippen LogP contribution is 2.43. The molecule has 0 unspecified atom stereocenters. The molecule has 0 aromatic carbocycles. The number of hydrogen-bond donors (Lipinski definition) is 2. The summed E-state index contributed by atoms with van der Waals surface area (Å²) >= 11 is 0. The van der Waals surface area contributed by atoms with E-state index in [0.29, 0.717) is 11.6 Å². The van der Waals surface area contributed by atoms with Gasteiger partial charge in [0.2, 0.25) is 0 Å². The molecule has 0 atom stereocenters. The Morgan fingerprint density at radius 2 is 2.19 bits per heavy atom. The van der Waals surface area contributed by atoms with Crippen LogP contribution < -0.4 is 10.5 Å². The summed E-state index contributed by atoms with van der Waals surface area (Å²) in [7, 11) is -3.62. The monoisotopic (exact) mass is 239 g/mol. The molecular weight excluding hydrogens is 226 g/mol. The number of fused-ring (bicyclic) bond motifs is 1. The molecule has 3 rings (SSSR count). The lowest BCUT2D eigenvalue weighted by molar-refractivity contribution is 0.589. The third-order valence-corrected chi connectivity index (χ3v) is 4.05. The van der Waals surface area contributed by atoms with Crippen molar-refractivity contribution in [2.75, 3.05) is 0 Å². The first-order valence-electron chi connectivity index (χ1n) is 5.39. The van der Waals surface area contributed by atoms with Crippen molar-refractivity contribution in [2.24, 2.45) is 16.0 Å². The van der Waals surface area contributed by atoms with Gasteiger partial charge in [-0.05, 0) is 31.6 Å². The second kappa shape index (κ2) is 3.10. The van der Waals surface area contributed by atoms with Gasteiger partial charge in [-0.2, -0.15) is 8.42 Å². The average molecular weight is 239 g/mol. The summed E-state index contributed by atoms with van der Waals surface area (Å²) in [5.41, 5.74) is 8.49. The van der Waals surface area contributed by atoms with Gasteiger partial charge in [0.25, 0.3) is 0 Å². The molecule has 0 saturated heterocycles. The topological polar surface area (TPSA) is 84.5 Å². The van der Waals surface area contributed by atoms with Crippen LogP contribution in [-0.4, -0.2) is 14.3 Å². The van der Waals surface area contributed by atoms with Gasteiger partial charge < -0.3 is 5.73 Å². The van der Waals surface area contributed by atoms with Crippen molar-refractivity contribution in [1.29, 1.82) is 0 Å². The van der Waals surface area contributed by atoms with E-state index in [9.17, 15) is 8.42 Å². The molecule has 16 heavy (non-hydrogen) atoms. The number of hydrogen-bond acceptors (Lipinski definition) is 3. The van der Waals surface area contributed by atoms with Crippen molar-refractivity contribution < 1.29 is 8.42 Å². The summed E-state index contributed by atoms with van der Waals surface area (Å²) < 4.78 is 28.7. The molecule has 5 nitrogen and oxygen atoms in total. The number of amidine groups is 1. The highest BCUT2D eigenvalue weighted by Gasteiger charge is 2.34. The minimum absolute atomic E-state index is 0.145. The predicted molar refractivity (Wildman–Crippen MR) is 60.7 cm³/mol. The summed E-state index contributed by atoms with van der Waals surface area (Å²) in [6, 6.07) is 0. The quantitative estimate of drug-likeness (QED) is 0.701. The standard InChI is InChI=1S/C10H13N3O2S/c11-10-9-7(6-4-5-6)2-1-3-8(9)12-16(14,15)13-10/h3,6,12H,1-2,4-5H2,(H2,11,13). The van der Waals surface area contributed by atoms with Crippen LogP contribution in [0.3, 0.4) is 0 Å². The van der Waals surface area contributed by atoms with Crippen LogP contribution in [0.4, 0.5) is 0 Å². The van der Waals surface area contributed by atoms with Crippen molar-refractivity contribution in [3.63, 3.8) is 0 Å². The molecule has 6 heteroatoms. The fourth-order valence-electron chi connectivity index (χ4n) is 2.34. The van der Waals surface area contributed by atoms with E-state index in [2.05, 4.69) is 9.12 Å². The normalized spacial score (nSPS) is 27.8. The minimum Gasteiger partial charge on any atom is -0.382 e. The van der Waals surface area contributed by atoms with Crippen LogP contribution in [0, 0.1) is 5.92 Å². The zero-order valence-electron chi connectivity index (χ0n) is 8.73. The average Bonchev–Trinajstić information content (AvgIpc) is 2.97. The summed E-state index contributed by atoms with van der Waals surface area (Å²) in [4.78, 5) is 0. The Hall–Kier alpha value is -1.30. The van der Waals surface area contributed by atoms with Crippen LogP contribution in [0.5, 0.6) is 0 Å². The summed E-state index contributed by atoms with van der Waals surface area (Å²) in [6.07, 6.45) is 6.11. The molecule has 0 spiro atoms. The Morgan fingerprint density at radius 1 is 1.44 bits per heavy atom. The molecule has 1 saturated carbocycles. The molecule has 1 aliphatic heterocycles. The van der Waals surface area contributed by atoms with Crippen LogP contribution in [0.1, 0.15) is 25.7 Å². The molecule has 0 bridgehead atoms. The first-order chi connectivity index (χ1) is 7.57. The van der Waals surface area contributed by atoms with Crippen LogP contribution in [0.2, 0.25) is 0 Å². The van der Waals surface area contributed by atoms with Crippen molar-refractivity contribution >= 4 is 16.0 Å². The van der Waals surface area contributed by atoms with E-state index in [4.69, 9.17) is 5.73 Å². The molecule has 0 radical (unpaired) electrons. The van der Waals surface area contributed by atoms with Gasteiger partial charge in [0.15, 0.2) is 0 Å². The molecule has 2 aliphatic carbocycles. The van der Waals surface area contributed by atoms with E-state index in [1.807, 2.05) is 6.08 Å². The van der Waals surface area contributed by atoms with E-state index in [0.717, 1.165) is 18.4 Å². The fourth-order valence-corrected chi connectivity index (χ4v) is 3.20. The summed E-state index contributed by atoms with van der Waals surface area (Å²) in [5.74, 6) is 0.738. The van der Waals surface area contributed by atoms with Crippen LogP contribution in [-0.2, 0) is 10.2 Å². The van der Waals surface area contributed by atoms with E-state index in [1.54, 1.807) is 0 Å². The molecule has 3 aliphatic rings. The van der Waals surface area contributed by atoms with Crippen LogP contribution in [0.25, 0.3) is 0 Å². The van der Waals surface area contributed by atoms with Gasteiger partial charge in [0.05, 0.1) is 5.70 Å². The number of nitrogens with two attached hydrogens (primary N) is 1. The maximum absolute atomic E-state index is 11.4.